The fourth-order valence-electron chi connectivity index (χ4n) is 1.15. The summed E-state index contributed by atoms with van der Waals surface area (Å²) in [5.74, 6) is 0. The van der Waals surface area contributed by atoms with Crippen LogP contribution in [0.1, 0.15) is 13.3 Å². The molecule has 0 saturated heterocycles. The lowest BCUT2D eigenvalue weighted by Gasteiger charge is -2.28. The lowest BCUT2D eigenvalue weighted by atomic mass is 9.89. The Labute approximate surface area is 72.5 Å². The van der Waals surface area contributed by atoms with E-state index in [4.69, 9.17) is 0 Å². The van der Waals surface area contributed by atoms with E-state index >= 15 is 0 Å². The number of hydrogen-bond acceptors (Lipinski definition) is 2. The average molecular weight is 166 g/mol. The molecule has 2 nitrogen and oxygen atoms in total. The second kappa shape index (κ2) is 3.70. The first-order valence-electron chi connectivity index (χ1n) is 4.06. The smallest absolute Gasteiger partial charge is 0.116 e. The minimum atomic E-state index is -1.11. The van der Waals surface area contributed by atoms with Crippen LogP contribution < -0.4 is 0 Å². The van der Waals surface area contributed by atoms with Gasteiger partial charge in [0.1, 0.15) is 11.7 Å². The largest absolute Gasteiger partial charge is 0.386 e. The van der Waals surface area contributed by atoms with Crippen LogP contribution in [0.4, 0.5) is 0 Å². The fraction of sp³-hybridized carbons (Fsp3) is 0.400. The summed E-state index contributed by atoms with van der Waals surface area (Å²) in [7, 11) is 0. The number of hydrogen-bond donors (Lipinski definition) is 2. The van der Waals surface area contributed by atoms with Gasteiger partial charge in [-0.05, 0) is 13.0 Å². The molecule has 0 aromatic carbocycles. The van der Waals surface area contributed by atoms with Gasteiger partial charge >= 0.3 is 0 Å². The molecule has 0 heterocycles. The minimum Gasteiger partial charge on any atom is -0.386 e. The molecule has 0 radical (unpaired) electrons. The monoisotopic (exact) mass is 166 g/mol. The summed E-state index contributed by atoms with van der Waals surface area (Å²) in [4.78, 5) is 0. The minimum absolute atomic E-state index is 0.450. The van der Waals surface area contributed by atoms with Crippen molar-refractivity contribution in [2.45, 2.75) is 25.0 Å². The summed E-state index contributed by atoms with van der Waals surface area (Å²) >= 11 is 0. The number of aliphatic hydroxyl groups excluding tert-OH is 1. The van der Waals surface area contributed by atoms with Crippen LogP contribution in [0.25, 0.3) is 0 Å². The van der Waals surface area contributed by atoms with Gasteiger partial charge in [0, 0.05) is 6.42 Å². The number of allylic oxidation sites excluding steroid dienone is 3. The molecule has 12 heavy (non-hydrogen) atoms. The van der Waals surface area contributed by atoms with Crippen LogP contribution in [0, 0.1) is 0 Å². The van der Waals surface area contributed by atoms with Crippen LogP contribution in [0.2, 0.25) is 0 Å². The van der Waals surface area contributed by atoms with E-state index in [1.165, 1.54) is 0 Å². The summed E-state index contributed by atoms with van der Waals surface area (Å²) in [5, 5.41) is 19.3. The van der Waals surface area contributed by atoms with Crippen molar-refractivity contribution in [2.24, 2.45) is 0 Å². The molecule has 1 aliphatic rings. The Kier molecular flexibility index (Phi) is 2.84. The van der Waals surface area contributed by atoms with Crippen LogP contribution in [0.15, 0.2) is 36.5 Å². The zero-order valence-electron chi connectivity index (χ0n) is 7.14. The highest BCUT2D eigenvalue weighted by atomic mass is 16.3. The molecule has 0 aromatic rings. The van der Waals surface area contributed by atoms with E-state index in [9.17, 15) is 10.2 Å². The molecule has 0 fully saturated rings. The maximum atomic E-state index is 9.83. The SMILES string of the molecule is CC=CCC1(O)C=CC=CC1O. The van der Waals surface area contributed by atoms with E-state index in [1.807, 2.05) is 19.1 Å². The van der Waals surface area contributed by atoms with E-state index in [1.54, 1.807) is 24.3 Å². The first-order chi connectivity index (χ1) is 5.69. The molecule has 2 heteroatoms. The zero-order chi connectivity index (χ0) is 9.03. The highest BCUT2D eigenvalue weighted by Crippen LogP contribution is 2.22. The van der Waals surface area contributed by atoms with Crippen LogP contribution in [-0.2, 0) is 0 Å². The van der Waals surface area contributed by atoms with Gasteiger partial charge in [0.15, 0.2) is 0 Å². The number of rotatable bonds is 2. The van der Waals surface area contributed by atoms with E-state index in [-0.39, 0.29) is 0 Å². The van der Waals surface area contributed by atoms with Crippen molar-refractivity contribution in [3.05, 3.63) is 36.5 Å². The van der Waals surface area contributed by atoms with Crippen LogP contribution >= 0.6 is 0 Å². The second-order valence-corrected chi connectivity index (χ2v) is 2.95. The summed E-state index contributed by atoms with van der Waals surface area (Å²) in [5.41, 5.74) is -1.11. The predicted octanol–water partition coefficient (Wildman–Crippen LogP) is 1.17. The lowest BCUT2D eigenvalue weighted by Crippen LogP contribution is -2.39. The van der Waals surface area contributed by atoms with Crippen LogP contribution in [-0.4, -0.2) is 21.9 Å². The third kappa shape index (κ3) is 1.84. The van der Waals surface area contributed by atoms with Gasteiger partial charge in [-0.25, -0.2) is 0 Å². The zero-order valence-corrected chi connectivity index (χ0v) is 7.14. The molecule has 0 amide bonds. The Hall–Kier alpha value is -0.860. The Morgan fingerprint density at radius 1 is 1.50 bits per heavy atom. The molecular weight excluding hydrogens is 152 g/mol. The topological polar surface area (TPSA) is 40.5 Å². The summed E-state index contributed by atoms with van der Waals surface area (Å²) in [6, 6.07) is 0. The van der Waals surface area contributed by atoms with E-state index < -0.39 is 11.7 Å². The van der Waals surface area contributed by atoms with Crippen LogP contribution in [0.5, 0.6) is 0 Å². The van der Waals surface area contributed by atoms with Gasteiger partial charge in [0.25, 0.3) is 0 Å². The summed E-state index contributed by atoms with van der Waals surface area (Å²) in [6.45, 7) is 1.89. The maximum absolute atomic E-state index is 9.83. The molecule has 1 rings (SSSR count). The maximum Gasteiger partial charge on any atom is 0.116 e. The first-order valence-corrected chi connectivity index (χ1v) is 4.06. The van der Waals surface area contributed by atoms with E-state index in [2.05, 4.69) is 0 Å². The van der Waals surface area contributed by atoms with Crippen molar-refractivity contribution < 1.29 is 10.2 Å². The third-order valence-electron chi connectivity index (χ3n) is 1.98. The Balaban J connectivity index is 2.69. The van der Waals surface area contributed by atoms with Crippen molar-refractivity contribution >= 4 is 0 Å². The number of aliphatic hydroxyl groups is 2. The molecule has 66 valence electrons. The highest BCUT2D eigenvalue weighted by Gasteiger charge is 2.30. The second-order valence-electron chi connectivity index (χ2n) is 2.95. The average Bonchev–Trinajstić information content (AvgIpc) is 2.07. The molecule has 1 aliphatic carbocycles. The van der Waals surface area contributed by atoms with Crippen molar-refractivity contribution in [2.75, 3.05) is 0 Å². The van der Waals surface area contributed by atoms with E-state index in [0.717, 1.165) is 0 Å². The van der Waals surface area contributed by atoms with Gasteiger partial charge in [-0.15, -0.1) is 0 Å². The fourth-order valence-corrected chi connectivity index (χ4v) is 1.15. The predicted molar refractivity (Wildman–Crippen MR) is 48.7 cm³/mol. The summed E-state index contributed by atoms with van der Waals surface area (Å²) in [6.07, 6.45) is 10.0. The first kappa shape index (κ1) is 9.23. The standard InChI is InChI=1S/C10H14O2/c1-2-3-7-10(12)8-5-4-6-9(10)11/h2-6,8-9,11-12H,7H2,1H3. The van der Waals surface area contributed by atoms with Crippen molar-refractivity contribution in [1.82, 2.24) is 0 Å². The Morgan fingerprint density at radius 3 is 2.83 bits per heavy atom. The third-order valence-corrected chi connectivity index (χ3v) is 1.98. The van der Waals surface area contributed by atoms with Crippen molar-refractivity contribution in [3.63, 3.8) is 0 Å². The van der Waals surface area contributed by atoms with Crippen molar-refractivity contribution in [3.8, 4) is 0 Å². The van der Waals surface area contributed by atoms with Gasteiger partial charge in [-0.1, -0.05) is 30.4 Å². The van der Waals surface area contributed by atoms with Gasteiger partial charge in [-0.3, -0.25) is 0 Å². The normalized spacial score (nSPS) is 34.8. The lowest BCUT2D eigenvalue weighted by molar-refractivity contribution is -0.0129. The van der Waals surface area contributed by atoms with Gasteiger partial charge < -0.3 is 10.2 Å². The van der Waals surface area contributed by atoms with Gasteiger partial charge in [0.2, 0.25) is 0 Å². The highest BCUT2D eigenvalue weighted by molar-refractivity contribution is 5.23. The summed E-state index contributed by atoms with van der Waals surface area (Å²) < 4.78 is 0. The van der Waals surface area contributed by atoms with Crippen LogP contribution in [0.3, 0.4) is 0 Å². The van der Waals surface area contributed by atoms with Gasteiger partial charge in [-0.2, -0.15) is 0 Å². The van der Waals surface area contributed by atoms with E-state index in [0.29, 0.717) is 6.42 Å². The van der Waals surface area contributed by atoms with Gasteiger partial charge in [0.05, 0.1) is 0 Å². The molecule has 2 N–H and O–H groups in total. The molecule has 0 aromatic heterocycles. The van der Waals surface area contributed by atoms with Crippen molar-refractivity contribution in [1.29, 1.82) is 0 Å². The molecule has 0 bridgehead atoms. The molecule has 2 unspecified atom stereocenters. The molecule has 0 spiro atoms. The Bertz CT molecular complexity index is 228. The molecule has 2 atom stereocenters. The molecular formula is C10H14O2. The molecule has 0 aliphatic heterocycles. The Morgan fingerprint density at radius 2 is 2.25 bits per heavy atom. The molecule has 0 saturated carbocycles. The quantitative estimate of drug-likeness (QED) is 0.604.